The summed E-state index contributed by atoms with van der Waals surface area (Å²) >= 11 is 0. The van der Waals surface area contributed by atoms with Gasteiger partial charge in [-0.1, -0.05) is 170 Å². The molecule has 0 saturated carbocycles. The quantitative estimate of drug-likeness (QED) is 0.163. The van der Waals surface area contributed by atoms with E-state index in [1.165, 1.54) is 115 Å². The van der Waals surface area contributed by atoms with Crippen molar-refractivity contribution in [1.82, 2.24) is 0 Å². The Hall–Kier alpha value is -7.74. The molecule has 60 heavy (non-hydrogen) atoms. The van der Waals surface area contributed by atoms with Crippen molar-refractivity contribution in [3.63, 3.8) is 0 Å². The van der Waals surface area contributed by atoms with Crippen LogP contribution in [0.2, 0.25) is 0 Å². The van der Waals surface area contributed by atoms with Crippen LogP contribution >= 0.6 is 0 Å². The van der Waals surface area contributed by atoms with Gasteiger partial charge in [0.15, 0.2) is 0 Å². The van der Waals surface area contributed by atoms with Gasteiger partial charge < -0.3 is 4.42 Å². The number of hydrogen-bond acceptors (Lipinski definition) is 1. The van der Waals surface area contributed by atoms with Gasteiger partial charge in [-0.25, -0.2) is 0 Å². The maximum atomic E-state index is 6.37. The molecule has 278 valence electrons. The highest BCUT2D eigenvalue weighted by atomic mass is 16.3. The Morgan fingerprint density at radius 3 is 1.43 bits per heavy atom. The summed E-state index contributed by atoms with van der Waals surface area (Å²) in [5.41, 5.74) is 17.2. The smallest absolute Gasteiger partial charge is 0.136 e. The van der Waals surface area contributed by atoms with Gasteiger partial charge in [-0.2, -0.15) is 0 Å². The molecule has 1 aromatic heterocycles. The predicted molar refractivity (Wildman–Crippen MR) is 254 cm³/mol. The molecule has 1 heteroatoms. The fraction of sp³-hybridized carbons (Fsp3) is 0.0169. The van der Waals surface area contributed by atoms with Gasteiger partial charge in [0.25, 0.3) is 0 Å². The highest BCUT2D eigenvalue weighted by Crippen LogP contribution is 2.47. The van der Waals surface area contributed by atoms with E-state index in [1.54, 1.807) is 0 Å². The summed E-state index contributed by atoms with van der Waals surface area (Å²) in [4.78, 5) is 0. The number of fused-ring (bicyclic) bond motifs is 12. The van der Waals surface area contributed by atoms with Crippen molar-refractivity contribution in [3.05, 3.63) is 217 Å². The zero-order valence-electron chi connectivity index (χ0n) is 32.7. The van der Waals surface area contributed by atoms with Crippen molar-refractivity contribution in [2.45, 2.75) is 6.42 Å². The molecule has 0 aliphatic heterocycles. The topological polar surface area (TPSA) is 13.1 Å². The Balaban J connectivity index is 0.954. The van der Waals surface area contributed by atoms with Crippen LogP contribution in [-0.2, 0) is 6.42 Å². The molecule has 0 bridgehead atoms. The van der Waals surface area contributed by atoms with Crippen LogP contribution in [0.3, 0.4) is 0 Å². The Kier molecular flexibility index (Phi) is 7.14. The van der Waals surface area contributed by atoms with Crippen LogP contribution in [0.5, 0.6) is 0 Å². The molecule has 1 heterocycles. The van der Waals surface area contributed by atoms with E-state index < -0.39 is 0 Å². The lowest BCUT2D eigenvalue weighted by Gasteiger charge is -2.19. The lowest BCUT2D eigenvalue weighted by Crippen LogP contribution is -1.91. The molecule has 0 radical (unpaired) electrons. The van der Waals surface area contributed by atoms with E-state index in [4.69, 9.17) is 4.42 Å². The summed E-state index contributed by atoms with van der Waals surface area (Å²) in [7, 11) is 0. The molecule has 0 N–H and O–H groups in total. The van der Waals surface area contributed by atoms with Crippen LogP contribution in [0, 0.1) is 0 Å². The molecule has 1 aliphatic rings. The fourth-order valence-electron chi connectivity index (χ4n) is 10.3. The van der Waals surface area contributed by atoms with E-state index in [9.17, 15) is 0 Å². The monoisotopic (exact) mass is 760 g/mol. The second kappa shape index (κ2) is 12.9. The summed E-state index contributed by atoms with van der Waals surface area (Å²) in [5.74, 6) is 0. The zero-order valence-corrected chi connectivity index (χ0v) is 32.7. The average Bonchev–Trinajstić information content (AvgIpc) is 3.89. The van der Waals surface area contributed by atoms with E-state index in [1.807, 2.05) is 0 Å². The minimum Gasteiger partial charge on any atom is -0.456 e. The first-order valence-corrected chi connectivity index (χ1v) is 20.9. The molecule has 0 fully saturated rings. The maximum absolute atomic E-state index is 6.37. The molecular weight excluding hydrogens is 725 g/mol. The Morgan fingerprint density at radius 2 is 0.767 bits per heavy atom. The third-order valence-electron chi connectivity index (χ3n) is 13.0. The summed E-state index contributed by atoms with van der Waals surface area (Å²) in [6, 6.07) is 76.1. The van der Waals surface area contributed by atoms with Crippen LogP contribution in [0.1, 0.15) is 11.1 Å². The molecule has 13 rings (SSSR count). The van der Waals surface area contributed by atoms with Crippen LogP contribution in [-0.4, -0.2) is 0 Å². The van der Waals surface area contributed by atoms with E-state index in [0.717, 1.165) is 23.0 Å². The van der Waals surface area contributed by atoms with Gasteiger partial charge in [0.05, 0.1) is 0 Å². The van der Waals surface area contributed by atoms with Crippen molar-refractivity contribution in [2.24, 2.45) is 0 Å². The van der Waals surface area contributed by atoms with Crippen molar-refractivity contribution >= 4 is 65.0 Å². The summed E-state index contributed by atoms with van der Waals surface area (Å²) in [6.45, 7) is 0. The molecule has 0 saturated heterocycles. The SMILES string of the molecule is c1cc(-c2ccc3c(c2)-c2c(ccc4ccccc24)C3)cc(-c2c3ccccc3c(-c3cccc(-c4ccc5oc6ccc7ccccc7c6c5c4)c3)c3ccccc23)c1. The molecule has 0 atom stereocenters. The predicted octanol–water partition coefficient (Wildman–Crippen LogP) is 16.4. The molecular formula is C59H36O. The normalized spacial score (nSPS) is 12.3. The Bertz CT molecular complexity index is 3690. The molecule has 0 unspecified atom stereocenters. The lowest BCUT2D eigenvalue weighted by atomic mass is 9.85. The van der Waals surface area contributed by atoms with Crippen molar-refractivity contribution < 1.29 is 4.42 Å². The maximum Gasteiger partial charge on any atom is 0.136 e. The van der Waals surface area contributed by atoms with E-state index in [-0.39, 0.29) is 0 Å². The molecule has 12 aromatic rings. The van der Waals surface area contributed by atoms with Gasteiger partial charge in [0, 0.05) is 10.8 Å². The second-order valence-corrected chi connectivity index (χ2v) is 16.3. The van der Waals surface area contributed by atoms with Gasteiger partial charge in [-0.05, 0) is 153 Å². The van der Waals surface area contributed by atoms with Crippen molar-refractivity contribution in [3.8, 4) is 55.6 Å². The number of furan rings is 1. The summed E-state index contributed by atoms with van der Waals surface area (Å²) < 4.78 is 6.37. The summed E-state index contributed by atoms with van der Waals surface area (Å²) in [5, 5.41) is 12.4. The van der Waals surface area contributed by atoms with Crippen LogP contribution < -0.4 is 0 Å². The van der Waals surface area contributed by atoms with Crippen LogP contribution in [0.15, 0.2) is 211 Å². The first kappa shape index (κ1) is 33.3. The third kappa shape index (κ3) is 4.99. The van der Waals surface area contributed by atoms with Crippen molar-refractivity contribution in [2.75, 3.05) is 0 Å². The van der Waals surface area contributed by atoms with Gasteiger partial charge in [0.1, 0.15) is 11.2 Å². The van der Waals surface area contributed by atoms with E-state index in [2.05, 4.69) is 206 Å². The minimum absolute atomic E-state index is 0.910. The molecule has 1 nitrogen and oxygen atoms in total. The zero-order chi connectivity index (χ0) is 39.3. The van der Waals surface area contributed by atoms with Crippen molar-refractivity contribution in [1.29, 1.82) is 0 Å². The standard InChI is InChI=1S/C59H36O/c1-3-17-46-36(11-1)23-26-45-33-42-25-24-40(34-52(42)56(45)46)38-13-9-15-43(31-38)57-48-19-5-7-21-50(48)58(51-22-8-6-20-49(51)57)44-16-10-14-39(32-44)41-28-29-54-53(35-41)59-47-18-4-2-12-37(47)27-30-55(59)60-54/h1-32,34-35H,33H2. The van der Waals surface area contributed by atoms with Gasteiger partial charge >= 0.3 is 0 Å². The van der Waals surface area contributed by atoms with Crippen LogP contribution in [0.25, 0.3) is 121 Å². The largest absolute Gasteiger partial charge is 0.456 e. The highest BCUT2D eigenvalue weighted by molar-refractivity contribution is 6.22. The molecule has 11 aromatic carbocycles. The fourth-order valence-corrected chi connectivity index (χ4v) is 10.3. The first-order chi connectivity index (χ1) is 29.7. The van der Waals surface area contributed by atoms with Crippen LogP contribution in [0.4, 0.5) is 0 Å². The average molecular weight is 761 g/mol. The van der Waals surface area contributed by atoms with Gasteiger partial charge in [0.2, 0.25) is 0 Å². The molecule has 0 spiro atoms. The van der Waals surface area contributed by atoms with E-state index in [0.29, 0.717) is 0 Å². The van der Waals surface area contributed by atoms with Gasteiger partial charge in [-0.15, -0.1) is 0 Å². The first-order valence-electron chi connectivity index (χ1n) is 20.9. The Morgan fingerprint density at radius 1 is 0.283 bits per heavy atom. The lowest BCUT2D eigenvalue weighted by molar-refractivity contribution is 0.669. The Labute approximate surface area is 347 Å². The number of benzene rings is 11. The van der Waals surface area contributed by atoms with Gasteiger partial charge in [-0.3, -0.25) is 0 Å². The molecule has 1 aliphatic carbocycles. The third-order valence-corrected chi connectivity index (χ3v) is 13.0. The molecule has 0 amide bonds. The minimum atomic E-state index is 0.910. The number of hydrogen-bond donors (Lipinski definition) is 0. The van der Waals surface area contributed by atoms with E-state index >= 15 is 0 Å². The highest BCUT2D eigenvalue weighted by Gasteiger charge is 2.22. The summed E-state index contributed by atoms with van der Waals surface area (Å²) in [6.07, 6.45) is 0.983. The second-order valence-electron chi connectivity index (χ2n) is 16.3. The number of rotatable bonds is 4.